The number of rotatable bonds is 2. The lowest BCUT2D eigenvalue weighted by Gasteiger charge is -2.24. The molecule has 5 nitrogen and oxygen atoms in total. The van der Waals surface area contributed by atoms with E-state index in [4.69, 9.17) is 16.9 Å². The van der Waals surface area contributed by atoms with E-state index in [9.17, 15) is 4.79 Å². The molecule has 102 valence electrons. The third-order valence-corrected chi connectivity index (χ3v) is 3.88. The Bertz CT molecular complexity index is 605. The smallest absolute Gasteiger partial charge is 0.223 e. The maximum atomic E-state index is 11.9. The van der Waals surface area contributed by atoms with Crippen molar-refractivity contribution in [3.63, 3.8) is 0 Å². The fourth-order valence-electron chi connectivity index (χ4n) is 2.67. The molecule has 20 heavy (non-hydrogen) atoms. The van der Waals surface area contributed by atoms with E-state index in [1.807, 2.05) is 23.2 Å². The van der Waals surface area contributed by atoms with Crippen molar-refractivity contribution in [2.45, 2.75) is 18.9 Å². The van der Waals surface area contributed by atoms with Crippen LogP contribution in [0.1, 0.15) is 18.4 Å². The monoisotopic (exact) mass is 288 g/mol. The van der Waals surface area contributed by atoms with Crippen molar-refractivity contribution in [3.8, 4) is 6.19 Å². The zero-order valence-corrected chi connectivity index (χ0v) is 11.5. The van der Waals surface area contributed by atoms with Gasteiger partial charge in [-0.05, 0) is 18.6 Å². The van der Waals surface area contributed by atoms with Gasteiger partial charge in [-0.3, -0.25) is 4.79 Å². The van der Waals surface area contributed by atoms with Gasteiger partial charge in [-0.25, -0.2) is 0 Å². The summed E-state index contributed by atoms with van der Waals surface area (Å²) in [5.41, 5.74) is 1.66. The van der Waals surface area contributed by atoms with Crippen LogP contribution < -0.4 is 0 Å². The minimum atomic E-state index is -0.147. The van der Waals surface area contributed by atoms with Gasteiger partial charge in [0.05, 0.1) is 18.3 Å². The highest BCUT2D eigenvalue weighted by Gasteiger charge is 2.37. The lowest BCUT2D eigenvalue weighted by atomic mass is 10.0. The lowest BCUT2D eigenvalue weighted by Crippen LogP contribution is -2.43. The highest BCUT2D eigenvalue weighted by atomic mass is 35.5. The van der Waals surface area contributed by atoms with Gasteiger partial charge in [0.25, 0.3) is 0 Å². The topological polar surface area (TPSA) is 59.7 Å². The summed E-state index contributed by atoms with van der Waals surface area (Å²) in [7, 11) is 0. The van der Waals surface area contributed by atoms with Crippen LogP contribution in [0.25, 0.3) is 0 Å². The van der Waals surface area contributed by atoms with Crippen LogP contribution in [0.15, 0.2) is 29.4 Å². The van der Waals surface area contributed by atoms with Gasteiger partial charge in [-0.2, -0.15) is 15.4 Å². The van der Waals surface area contributed by atoms with Crippen LogP contribution >= 0.6 is 11.6 Å². The SMILES string of the molecule is N#CN1CC(N2CCCC2=O)C(c2ccc(Cl)cc2)=N1. The number of hydrogen-bond donors (Lipinski definition) is 0. The fourth-order valence-corrected chi connectivity index (χ4v) is 2.79. The molecular formula is C14H13ClN4O. The molecule has 0 radical (unpaired) electrons. The molecule has 0 spiro atoms. The van der Waals surface area contributed by atoms with Crippen molar-refractivity contribution in [2.24, 2.45) is 5.10 Å². The Labute approximate surface area is 122 Å². The predicted octanol–water partition coefficient (Wildman–Crippen LogP) is 1.83. The van der Waals surface area contributed by atoms with Gasteiger partial charge in [0.15, 0.2) is 0 Å². The van der Waals surface area contributed by atoms with Crippen molar-refractivity contribution < 1.29 is 4.79 Å². The standard InChI is InChI=1S/C14H13ClN4O/c15-11-5-3-10(4-6-11)14-12(8-18(9-16)17-14)19-7-1-2-13(19)20/h3-6,12H,1-2,7-8H2. The van der Waals surface area contributed by atoms with Crippen LogP contribution in [0.4, 0.5) is 0 Å². The van der Waals surface area contributed by atoms with Gasteiger partial charge in [0.1, 0.15) is 0 Å². The number of carbonyl (C=O) groups is 1. The zero-order valence-electron chi connectivity index (χ0n) is 10.8. The number of nitrogens with zero attached hydrogens (tertiary/aromatic N) is 4. The van der Waals surface area contributed by atoms with Crippen molar-refractivity contribution in [1.29, 1.82) is 5.26 Å². The molecule has 2 aliphatic heterocycles. The van der Waals surface area contributed by atoms with E-state index in [0.717, 1.165) is 24.2 Å². The average Bonchev–Trinajstić information content (AvgIpc) is 3.05. The molecule has 1 unspecified atom stereocenters. The van der Waals surface area contributed by atoms with Crippen molar-refractivity contribution in [3.05, 3.63) is 34.9 Å². The maximum Gasteiger partial charge on any atom is 0.223 e. The molecule has 2 heterocycles. The van der Waals surface area contributed by atoms with Gasteiger partial charge in [0.2, 0.25) is 12.1 Å². The number of amides is 1. The van der Waals surface area contributed by atoms with Gasteiger partial charge in [-0.1, -0.05) is 23.7 Å². The number of nitriles is 1. The highest BCUT2D eigenvalue weighted by Crippen LogP contribution is 2.23. The Morgan fingerprint density at radius 3 is 2.70 bits per heavy atom. The molecule has 3 rings (SSSR count). The molecule has 0 bridgehead atoms. The average molecular weight is 289 g/mol. The third-order valence-electron chi connectivity index (χ3n) is 3.63. The summed E-state index contributed by atoms with van der Waals surface area (Å²) in [6.07, 6.45) is 3.48. The van der Waals surface area contributed by atoms with Gasteiger partial charge >= 0.3 is 0 Å². The molecule has 0 aliphatic carbocycles. The number of hydrazone groups is 1. The molecule has 0 aromatic heterocycles. The van der Waals surface area contributed by atoms with Gasteiger partial charge in [-0.15, -0.1) is 0 Å². The van der Waals surface area contributed by atoms with E-state index in [2.05, 4.69) is 5.10 Å². The van der Waals surface area contributed by atoms with Gasteiger partial charge < -0.3 is 4.90 Å². The third kappa shape index (κ3) is 2.23. The lowest BCUT2D eigenvalue weighted by molar-refractivity contribution is -0.128. The molecule has 1 fully saturated rings. The molecule has 1 atom stereocenters. The van der Waals surface area contributed by atoms with Crippen LogP contribution in [-0.2, 0) is 4.79 Å². The predicted molar refractivity (Wildman–Crippen MR) is 75.0 cm³/mol. The van der Waals surface area contributed by atoms with Crippen molar-refractivity contribution in [2.75, 3.05) is 13.1 Å². The normalized spacial score (nSPS) is 22.1. The van der Waals surface area contributed by atoms with E-state index < -0.39 is 0 Å². The molecule has 2 aliphatic rings. The molecule has 0 saturated carbocycles. The molecule has 1 aromatic carbocycles. The Balaban J connectivity index is 1.94. The molecule has 1 amide bonds. The van der Waals surface area contributed by atoms with E-state index in [-0.39, 0.29) is 11.9 Å². The Morgan fingerprint density at radius 2 is 2.10 bits per heavy atom. The Hall–Kier alpha value is -2.06. The second kappa shape index (κ2) is 5.14. The second-order valence-corrected chi connectivity index (χ2v) is 5.32. The molecule has 1 aromatic rings. The zero-order chi connectivity index (χ0) is 14.1. The number of likely N-dealkylation sites (tertiary alicyclic amines) is 1. The summed E-state index contributed by atoms with van der Waals surface area (Å²) in [6.45, 7) is 1.16. The number of halogens is 1. The Kier molecular flexibility index (Phi) is 3.33. The number of carbonyl (C=O) groups excluding carboxylic acids is 1. The summed E-state index contributed by atoms with van der Waals surface area (Å²) in [4.78, 5) is 13.8. The minimum absolute atomic E-state index is 0.136. The van der Waals surface area contributed by atoms with Crippen LogP contribution in [0, 0.1) is 11.5 Å². The maximum absolute atomic E-state index is 11.9. The van der Waals surface area contributed by atoms with Crippen LogP contribution in [0.2, 0.25) is 5.02 Å². The first-order chi connectivity index (χ1) is 9.69. The molecule has 1 saturated heterocycles. The largest absolute Gasteiger partial charge is 0.332 e. The fraction of sp³-hybridized carbons (Fsp3) is 0.357. The molecule has 6 heteroatoms. The van der Waals surface area contributed by atoms with Crippen molar-refractivity contribution in [1.82, 2.24) is 9.91 Å². The van der Waals surface area contributed by atoms with Crippen LogP contribution in [-0.4, -0.2) is 40.7 Å². The number of benzene rings is 1. The second-order valence-electron chi connectivity index (χ2n) is 4.88. The first-order valence-electron chi connectivity index (χ1n) is 6.50. The summed E-state index contributed by atoms with van der Waals surface area (Å²) < 4.78 is 0. The first-order valence-corrected chi connectivity index (χ1v) is 6.88. The summed E-state index contributed by atoms with van der Waals surface area (Å²) in [5, 5.41) is 15.3. The van der Waals surface area contributed by atoms with E-state index in [0.29, 0.717) is 18.0 Å². The number of hydrogen-bond acceptors (Lipinski definition) is 4. The van der Waals surface area contributed by atoms with Crippen LogP contribution in [0.5, 0.6) is 0 Å². The van der Waals surface area contributed by atoms with Crippen molar-refractivity contribution >= 4 is 23.2 Å². The van der Waals surface area contributed by atoms with E-state index in [1.165, 1.54) is 5.01 Å². The van der Waals surface area contributed by atoms with Crippen LogP contribution in [0.3, 0.4) is 0 Å². The van der Waals surface area contributed by atoms with E-state index >= 15 is 0 Å². The Morgan fingerprint density at radius 1 is 1.35 bits per heavy atom. The minimum Gasteiger partial charge on any atom is -0.332 e. The summed E-state index contributed by atoms with van der Waals surface area (Å²) in [5.74, 6) is 0.136. The molecule has 0 N–H and O–H groups in total. The summed E-state index contributed by atoms with van der Waals surface area (Å²) in [6, 6.07) is 7.17. The van der Waals surface area contributed by atoms with Gasteiger partial charge in [0, 0.05) is 23.6 Å². The quantitative estimate of drug-likeness (QED) is 0.780. The highest BCUT2D eigenvalue weighted by molar-refractivity contribution is 6.30. The van der Waals surface area contributed by atoms with E-state index in [1.54, 1.807) is 12.1 Å². The summed E-state index contributed by atoms with van der Waals surface area (Å²) >= 11 is 5.89. The first kappa shape index (κ1) is 12.9. The molecular weight excluding hydrogens is 276 g/mol.